The first-order valence-electron chi connectivity index (χ1n) is 7.98. The highest BCUT2D eigenvalue weighted by molar-refractivity contribution is 14.0. The van der Waals surface area contributed by atoms with Gasteiger partial charge < -0.3 is 14.6 Å². The second kappa shape index (κ2) is 9.05. The Labute approximate surface area is 172 Å². The fourth-order valence-electron chi connectivity index (χ4n) is 2.65. The summed E-state index contributed by atoms with van der Waals surface area (Å²) in [4.78, 5) is 6.18. The minimum absolute atomic E-state index is 0. The van der Waals surface area contributed by atoms with E-state index in [1.165, 1.54) is 0 Å². The maximum Gasteiger partial charge on any atom is 0.209 e. The third-order valence-electron chi connectivity index (χ3n) is 3.59. The lowest BCUT2D eigenvalue weighted by atomic mass is 10.1. The topological polar surface area (TPSA) is 86.9 Å². The van der Waals surface area contributed by atoms with Gasteiger partial charge in [0, 0.05) is 31.6 Å². The maximum atomic E-state index is 11.4. The Morgan fingerprint density at radius 1 is 1.31 bits per heavy atom. The zero-order chi connectivity index (χ0) is 18.7. The van der Waals surface area contributed by atoms with Crippen molar-refractivity contribution in [3.8, 4) is 0 Å². The number of hydrogen-bond acceptors (Lipinski definition) is 4. The normalized spacial score (nSPS) is 12.7. The molecule has 0 aliphatic rings. The van der Waals surface area contributed by atoms with Crippen LogP contribution in [0.2, 0.25) is 0 Å². The van der Waals surface area contributed by atoms with Crippen LogP contribution in [-0.4, -0.2) is 51.7 Å². The lowest BCUT2D eigenvalue weighted by molar-refractivity contribution is 0.396. The van der Waals surface area contributed by atoms with Crippen LogP contribution in [0.25, 0.3) is 11.0 Å². The lowest BCUT2D eigenvalue weighted by Gasteiger charge is -2.28. The van der Waals surface area contributed by atoms with Gasteiger partial charge in [-0.25, -0.2) is 13.1 Å². The molecular weight excluding hydrogens is 467 g/mol. The van der Waals surface area contributed by atoms with E-state index in [0.29, 0.717) is 19.0 Å². The van der Waals surface area contributed by atoms with Crippen LogP contribution in [0.5, 0.6) is 0 Å². The quantitative estimate of drug-likeness (QED) is 0.366. The molecule has 9 heteroatoms. The summed E-state index contributed by atoms with van der Waals surface area (Å²) < 4.78 is 31.3. The summed E-state index contributed by atoms with van der Waals surface area (Å²) in [6.07, 6.45) is 1.15. The van der Waals surface area contributed by atoms with Crippen LogP contribution < -0.4 is 10.0 Å². The number of hydrogen-bond donors (Lipinski definition) is 2. The van der Waals surface area contributed by atoms with Gasteiger partial charge in [-0.2, -0.15) is 0 Å². The minimum Gasteiger partial charge on any atom is -0.459 e. The van der Waals surface area contributed by atoms with Gasteiger partial charge in [0.15, 0.2) is 5.96 Å². The first-order valence-corrected chi connectivity index (χ1v) is 9.87. The molecule has 7 nitrogen and oxygen atoms in total. The smallest absolute Gasteiger partial charge is 0.209 e. The van der Waals surface area contributed by atoms with Crippen LogP contribution in [0.1, 0.15) is 19.6 Å². The summed E-state index contributed by atoms with van der Waals surface area (Å²) >= 11 is 0. The van der Waals surface area contributed by atoms with Crippen molar-refractivity contribution in [2.24, 2.45) is 4.99 Å². The van der Waals surface area contributed by atoms with E-state index in [4.69, 9.17) is 4.42 Å². The average molecular weight is 494 g/mol. The summed E-state index contributed by atoms with van der Waals surface area (Å²) in [6, 6.07) is 9.87. The van der Waals surface area contributed by atoms with Crippen molar-refractivity contribution in [1.82, 2.24) is 14.9 Å². The number of fused-ring (bicyclic) bond motifs is 1. The predicted octanol–water partition coefficient (Wildman–Crippen LogP) is 2.39. The number of halogens is 1. The van der Waals surface area contributed by atoms with Gasteiger partial charge in [-0.1, -0.05) is 18.2 Å². The molecule has 1 heterocycles. The number of nitrogens with zero attached hydrogens (tertiary/aromatic N) is 2. The van der Waals surface area contributed by atoms with E-state index in [1.807, 2.05) is 56.1 Å². The van der Waals surface area contributed by atoms with Crippen molar-refractivity contribution >= 4 is 50.9 Å². The Morgan fingerprint density at radius 2 is 1.96 bits per heavy atom. The third kappa shape index (κ3) is 6.76. The van der Waals surface area contributed by atoms with Gasteiger partial charge in [0.25, 0.3) is 0 Å². The van der Waals surface area contributed by atoms with E-state index in [-0.39, 0.29) is 24.0 Å². The van der Waals surface area contributed by atoms with Gasteiger partial charge in [-0.05, 0) is 26.0 Å². The van der Waals surface area contributed by atoms with E-state index in [9.17, 15) is 8.42 Å². The number of aliphatic imine (C=N–C) groups is 1. The van der Waals surface area contributed by atoms with Crippen LogP contribution in [0.15, 0.2) is 39.7 Å². The number of sulfonamides is 1. The zero-order valence-corrected chi connectivity index (χ0v) is 18.9. The molecule has 2 rings (SSSR count). The predicted molar refractivity (Wildman–Crippen MR) is 117 cm³/mol. The standard InChI is InChI=1S/C17H26N4O3S.HI/c1-17(2,20-25(5,22)23)12-19-16(18-3)21(4)11-14-10-13-8-6-7-9-15(13)24-14;/h6-10,20H,11-12H2,1-5H3,(H,18,19);1H. The van der Waals surface area contributed by atoms with E-state index in [1.54, 1.807) is 7.05 Å². The lowest BCUT2D eigenvalue weighted by Crippen LogP contribution is -2.53. The molecule has 1 aromatic carbocycles. The maximum absolute atomic E-state index is 11.4. The minimum atomic E-state index is -3.28. The molecule has 1 aromatic heterocycles. The highest BCUT2D eigenvalue weighted by Crippen LogP contribution is 2.19. The molecule has 0 atom stereocenters. The van der Waals surface area contributed by atoms with Crippen molar-refractivity contribution in [1.29, 1.82) is 0 Å². The molecule has 0 amide bonds. The van der Waals surface area contributed by atoms with Crippen LogP contribution in [0, 0.1) is 0 Å². The summed E-state index contributed by atoms with van der Waals surface area (Å²) in [5.41, 5.74) is 0.219. The number of benzene rings is 1. The molecule has 0 spiro atoms. The molecule has 0 fully saturated rings. The van der Waals surface area contributed by atoms with Crippen LogP contribution >= 0.6 is 24.0 Å². The SMILES string of the molecule is CN=C(NCC(C)(C)NS(C)(=O)=O)N(C)Cc1cc2ccccc2o1.I. The first kappa shape index (κ1) is 22.7. The number of guanidine groups is 1. The van der Waals surface area contributed by atoms with E-state index < -0.39 is 15.6 Å². The van der Waals surface area contributed by atoms with Crippen molar-refractivity contribution < 1.29 is 12.8 Å². The molecule has 146 valence electrons. The molecule has 0 aliphatic heterocycles. The highest BCUT2D eigenvalue weighted by atomic mass is 127. The number of furan rings is 1. The van der Waals surface area contributed by atoms with Gasteiger partial charge in [0.2, 0.25) is 10.0 Å². The molecule has 0 bridgehead atoms. The summed E-state index contributed by atoms with van der Waals surface area (Å²) in [6.45, 7) is 4.58. The molecule has 26 heavy (non-hydrogen) atoms. The van der Waals surface area contributed by atoms with Crippen LogP contribution in [0.3, 0.4) is 0 Å². The van der Waals surface area contributed by atoms with Crippen molar-refractivity contribution in [2.75, 3.05) is 26.9 Å². The molecule has 0 saturated heterocycles. The van der Waals surface area contributed by atoms with Gasteiger partial charge >= 0.3 is 0 Å². The average Bonchev–Trinajstić information content (AvgIpc) is 2.87. The molecule has 0 saturated carbocycles. The molecular formula is C17H27IN4O3S. The van der Waals surface area contributed by atoms with Crippen LogP contribution in [-0.2, 0) is 16.6 Å². The molecule has 0 radical (unpaired) electrons. The van der Waals surface area contributed by atoms with Gasteiger partial charge in [0.05, 0.1) is 12.8 Å². The number of nitrogens with one attached hydrogen (secondary N) is 2. The largest absolute Gasteiger partial charge is 0.459 e. The van der Waals surface area contributed by atoms with Gasteiger partial charge in [-0.15, -0.1) is 24.0 Å². The van der Waals surface area contributed by atoms with E-state index in [0.717, 1.165) is 23.0 Å². The van der Waals surface area contributed by atoms with Crippen LogP contribution in [0.4, 0.5) is 0 Å². The molecule has 2 N–H and O–H groups in total. The fraction of sp³-hybridized carbons (Fsp3) is 0.471. The van der Waals surface area contributed by atoms with Crippen molar-refractivity contribution in [3.63, 3.8) is 0 Å². The van der Waals surface area contributed by atoms with Crippen molar-refractivity contribution in [2.45, 2.75) is 25.9 Å². The second-order valence-corrected chi connectivity index (χ2v) is 8.51. The highest BCUT2D eigenvalue weighted by Gasteiger charge is 2.23. The Bertz CT molecular complexity index is 829. The third-order valence-corrected chi connectivity index (χ3v) is 4.52. The Morgan fingerprint density at radius 3 is 2.54 bits per heavy atom. The zero-order valence-electron chi connectivity index (χ0n) is 15.7. The van der Waals surface area contributed by atoms with E-state index in [2.05, 4.69) is 15.0 Å². The van der Waals surface area contributed by atoms with Gasteiger partial charge in [0.1, 0.15) is 11.3 Å². The van der Waals surface area contributed by atoms with Gasteiger partial charge in [-0.3, -0.25) is 4.99 Å². The Hall–Kier alpha value is -1.33. The molecule has 2 aromatic rings. The first-order chi connectivity index (χ1) is 11.6. The second-order valence-electron chi connectivity index (χ2n) is 6.77. The van der Waals surface area contributed by atoms with Crippen molar-refractivity contribution in [3.05, 3.63) is 36.1 Å². The molecule has 0 unspecified atom stereocenters. The Balaban J connectivity index is 0.00000338. The molecule has 0 aliphatic carbocycles. The van der Waals surface area contributed by atoms with E-state index >= 15 is 0 Å². The monoisotopic (exact) mass is 494 g/mol. The number of para-hydroxylation sites is 1. The fourth-order valence-corrected chi connectivity index (χ4v) is 3.72. The summed E-state index contributed by atoms with van der Waals surface area (Å²) in [5, 5.41) is 4.26. The summed E-state index contributed by atoms with van der Waals surface area (Å²) in [7, 11) is 0.313. The Kier molecular flexibility index (Phi) is 7.90. The number of rotatable bonds is 6. The summed E-state index contributed by atoms with van der Waals surface area (Å²) in [5.74, 6) is 1.49.